The SMILES string of the molecule is CC#Cc1cncc(-c2ccc3c(c2)[C@@]2(COCC(N)=N2)c2cc(-c4ccnc(F)c4)ncc2O3)c1. The fourth-order valence-corrected chi connectivity index (χ4v) is 4.65. The van der Waals surface area contributed by atoms with Gasteiger partial charge in [-0.15, -0.1) is 5.92 Å². The highest BCUT2D eigenvalue weighted by Gasteiger charge is 2.45. The summed E-state index contributed by atoms with van der Waals surface area (Å²) in [6, 6.07) is 12.8. The van der Waals surface area contributed by atoms with Crippen molar-refractivity contribution in [1.29, 1.82) is 0 Å². The van der Waals surface area contributed by atoms with Gasteiger partial charge in [-0.05, 0) is 42.8 Å². The molecule has 1 atom stereocenters. The normalized spacial score (nSPS) is 17.8. The Bertz CT molecular complexity index is 1610. The molecule has 2 N–H and O–H groups in total. The van der Waals surface area contributed by atoms with Gasteiger partial charge in [-0.3, -0.25) is 15.0 Å². The number of hydrogen-bond donors (Lipinski definition) is 1. The van der Waals surface area contributed by atoms with Crippen LogP contribution in [0.5, 0.6) is 11.5 Å². The summed E-state index contributed by atoms with van der Waals surface area (Å²) in [5.74, 6) is 6.92. The first-order valence-corrected chi connectivity index (χ1v) is 11.3. The fourth-order valence-electron chi connectivity index (χ4n) is 4.65. The molecule has 0 saturated heterocycles. The van der Waals surface area contributed by atoms with Crippen LogP contribution in [0.15, 0.2) is 72.2 Å². The van der Waals surface area contributed by atoms with Crippen LogP contribution >= 0.6 is 0 Å². The number of fused-ring (bicyclic) bond motifs is 4. The maximum Gasteiger partial charge on any atom is 0.213 e. The molecular weight excluding hydrogens is 457 g/mol. The van der Waals surface area contributed by atoms with Crippen molar-refractivity contribution in [2.45, 2.75) is 12.5 Å². The molecule has 2 aliphatic heterocycles. The van der Waals surface area contributed by atoms with Crippen molar-refractivity contribution in [1.82, 2.24) is 15.0 Å². The molecule has 3 aromatic heterocycles. The molecule has 1 spiro atoms. The molecule has 0 unspecified atom stereocenters. The Morgan fingerprint density at radius 3 is 2.67 bits per heavy atom. The van der Waals surface area contributed by atoms with Gasteiger partial charge in [-0.2, -0.15) is 4.39 Å². The summed E-state index contributed by atoms with van der Waals surface area (Å²) in [6.07, 6.45) is 6.56. The van der Waals surface area contributed by atoms with E-state index in [0.29, 0.717) is 28.6 Å². The fraction of sp³-hybridized carbons (Fsp3) is 0.143. The molecule has 5 heterocycles. The van der Waals surface area contributed by atoms with E-state index < -0.39 is 11.5 Å². The molecule has 176 valence electrons. The van der Waals surface area contributed by atoms with Gasteiger partial charge in [0.2, 0.25) is 5.95 Å². The first-order chi connectivity index (χ1) is 17.6. The predicted octanol–water partition coefficient (Wildman–Crippen LogP) is 4.45. The third-order valence-electron chi connectivity index (χ3n) is 6.22. The average molecular weight is 477 g/mol. The van der Waals surface area contributed by atoms with Crippen LogP contribution in [0.1, 0.15) is 23.6 Å². The number of aliphatic imine (C=N–C) groups is 1. The maximum absolute atomic E-state index is 13.8. The van der Waals surface area contributed by atoms with Gasteiger partial charge < -0.3 is 15.2 Å². The number of amidine groups is 1. The van der Waals surface area contributed by atoms with Crippen molar-refractivity contribution in [3.63, 3.8) is 0 Å². The van der Waals surface area contributed by atoms with E-state index >= 15 is 0 Å². The van der Waals surface area contributed by atoms with Gasteiger partial charge >= 0.3 is 0 Å². The van der Waals surface area contributed by atoms with Gasteiger partial charge in [0, 0.05) is 52.5 Å². The lowest BCUT2D eigenvalue weighted by molar-refractivity contribution is 0.110. The Morgan fingerprint density at radius 1 is 0.944 bits per heavy atom. The largest absolute Gasteiger partial charge is 0.455 e. The van der Waals surface area contributed by atoms with Crippen molar-refractivity contribution in [3.8, 4) is 45.7 Å². The molecule has 6 rings (SSSR count). The number of nitrogens with two attached hydrogens (primary N) is 1. The third-order valence-corrected chi connectivity index (χ3v) is 6.22. The van der Waals surface area contributed by atoms with E-state index in [1.54, 1.807) is 31.6 Å². The van der Waals surface area contributed by atoms with Crippen LogP contribution in [-0.2, 0) is 10.3 Å². The number of benzene rings is 1. The molecule has 8 heteroatoms. The zero-order valence-corrected chi connectivity index (χ0v) is 19.3. The number of aromatic nitrogens is 3. The van der Waals surface area contributed by atoms with Crippen molar-refractivity contribution in [3.05, 3.63) is 89.9 Å². The van der Waals surface area contributed by atoms with Crippen LogP contribution in [0.4, 0.5) is 4.39 Å². The minimum Gasteiger partial charge on any atom is -0.455 e. The highest BCUT2D eigenvalue weighted by atomic mass is 19.1. The molecule has 0 saturated carbocycles. The predicted molar refractivity (Wildman–Crippen MR) is 133 cm³/mol. The second-order valence-corrected chi connectivity index (χ2v) is 8.54. The summed E-state index contributed by atoms with van der Waals surface area (Å²) in [7, 11) is 0. The van der Waals surface area contributed by atoms with E-state index in [9.17, 15) is 4.39 Å². The number of halogens is 1. The second-order valence-electron chi connectivity index (χ2n) is 8.54. The lowest BCUT2D eigenvalue weighted by atomic mass is 9.79. The highest BCUT2D eigenvalue weighted by molar-refractivity contribution is 5.84. The minimum absolute atomic E-state index is 0.238. The molecule has 36 heavy (non-hydrogen) atoms. The molecule has 2 aliphatic rings. The summed E-state index contributed by atoms with van der Waals surface area (Å²) < 4.78 is 26.0. The van der Waals surface area contributed by atoms with Crippen molar-refractivity contribution >= 4 is 5.84 Å². The lowest BCUT2D eigenvalue weighted by Gasteiger charge is -2.39. The quantitative estimate of drug-likeness (QED) is 0.339. The molecule has 0 aliphatic carbocycles. The minimum atomic E-state index is -0.960. The zero-order chi connectivity index (χ0) is 24.7. The first kappa shape index (κ1) is 21.9. The summed E-state index contributed by atoms with van der Waals surface area (Å²) in [5.41, 5.74) is 10.6. The second kappa shape index (κ2) is 8.56. The molecule has 0 fully saturated rings. The molecular formula is C28H20FN5O2. The Labute approximate surface area is 206 Å². The van der Waals surface area contributed by atoms with Crippen LogP contribution in [0.3, 0.4) is 0 Å². The van der Waals surface area contributed by atoms with Gasteiger partial charge in [-0.1, -0.05) is 12.0 Å². The van der Waals surface area contributed by atoms with Crippen LogP contribution in [0.25, 0.3) is 22.4 Å². The standard InChI is InChI=1S/C28H20FN5O2/c1-2-3-17-8-20(13-31-12-17)18-4-5-24-21(9-18)28(16-35-15-27(30)34-28)22-11-23(33-14-25(22)36-24)19-6-7-32-26(29)10-19/h4-14H,15-16H2,1H3,(H2,30,34)/t28-/m0/s1. The molecule has 1 aromatic carbocycles. The van der Waals surface area contributed by atoms with E-state index in [1.807, 2.05) is 30.3 Å². The van der Waals surface area contributed by atoms with Crippen LogP contribution < -0.4 is 10.5 Å². The van der Waals surface area contributed by atoms with E-state index in [0.717, 1.165) is 27.8 Å². The Morgan fingerprint density at radius 2 is 1.83 bits per heavy atom. The summed E-state index contributed by atoms with van der Waals surface area (Å²) in [6.45, 7) is 2.29. The molecule has 7 nitrogen and oxygen atoms in total. The van der Waals surface area contributed by atoms with E-state index in [4.69, 9.17) is 20.2 Å². The highest BCUT2D eigenvalue weighted by Crippen LogP contribution is 2.51. The Balaban J connectivity index is 1.54. The smallest absolute Gasteiger partial charge is 0.213 e. The number of rotatable bonds is 2. The molecule has 0 amide bonds. The number of pyridine rings is 3. The van der Waals surface area contributed by atoms with Gasteiger partial charge in [0.1, 0.15) is 23.7 Å². The van der Waals surface area contributed by atoms with E-state index in [1.165, 1.54) is 12.3 Å². The van der Waals surface area contributed by atoms with Crippen LogP contribution in [0, 0.1) is 17.8 Å². The third kappa shape index (κ3) is 3.67. The summed E-state index contributed by atoms with van der Waals surface area (Å²) in [4.78, 5) is 17.4. The van der Waals surface area contributed by atoms with Gasteiger partial charge in [0.15, 0.2) is 5.75 Å². The van der Waals surface area contributed by atoms with Crippen LogP contribution in [0.2, 0.25) is 0 Å². The molecule has 0 radical (unpaired) electrons. The van der Waals surface area contributed by atoms with Crippen molar-refractivity contribution < 1.29 is 13.9 Å². The van der Waals surface area contributed by atoms with E-state index in [-0.39, 0.29) is 13.2 Å². The van der Waals surface area contributed by atoms with Gasteiger partial charge in [0.05, 0.1) is 18.5 Å². The molecule has 4 aromatic rings. The van der Waals surface area contributed by atoms with Crippen LogP contribution in [-0.4, -0.2) is 34.0 Å². The first-order valence-electron chi connectivity index (χ1n) is 11.3. The lowest BCUT2D eigenvalue weighted by Crippen LogP contribution is -2.42. The Hall–Kier alpha value is -4.61. The summed E-state index contributed by atoms with van der Waals surface area (Å²) in [5, 5.41) is 0. The number of nitrogens with zero attached hydrogens (tertiary/aromatic N) is 4. The average Bonchev–Trinajstić information content (AvgIpc) is 2.89. The number of ether oxygens (including phenoxy) is 2. The monoisotopic (exact) mass is 477 g/mol. The Kier molecular flexibility index (Phi) is 5.20. The maximum atomic E-state index is 13.8. The summed E-state index contributed by atoms with van der Waals surface area (Å²) >= 11 is 0. The topological polar surface area (TPSA) is 95.5 Å². The van der Waals surface area contributed by atoms with E-state index in [2.05, 4.69) is 26.8 Å². The van der Waals surface area contributed by atoms with Crippen molar-refractivity contribution in [2.24, 2.45) is 10.7 Å². The van der Waals surface area contributed by atoms with Gasteiger partial charge in [0.25, 0.3) is 0 Å². The molecule has 0 bridgehead atoms. The van der Waals surface area contributed by atoms with Gasteiger partial charge in [-0.25, -0.2) is 4.98 Å². The zero-order valence-electron chi connectivity index (χ0n) is 19.3. The number of hydrogen-bond acceptors (Lipinski definition) is 7. The van der Waals surface area contributed by atoms with Crippen molar-refractivity contribution in [2.75, 3.05) is 13.2 Å².